The van der Waals surface area contributed by atoms with Crippen molar-refractivity contribution in [2.24, 2.45) is 0 Å². The first-order valence-electron chi connectivity index (χ1n) is 8.95. The Morgan fingerprint density at radius 1 is 1.04 bits per heavy atom. The van der Waals surface area contributed by atoms with Gasteiger partial charge in [-0.1, -0.05) is 36.8 Å². The van der Waals surface area contributed by atoms with Crippen LogP contribution < -0.4 is 0 Å². The van der Waals surface area contributed by atoms with Crippen LogP contribution in [0.1, 0.15) is 36.0 Å². The number of morpholine rings is 1. The summed E-state index contributed by atoms with van der Waals surface area (Å²) in [6.07, 6.45) is 4.60. The second kappa shape index (κ2) is 8.57. The second-order valence-corrected chi connectivity index (χ2v) is 6.66. The molecule has 4 heteroatoms. The molecule has 4 nitrogen and oxygen atoms in total. The Bertz CT molecular complexity index is 485. The molecule has 0 spiro atoms. The van der Waals surface area contributed by atoms with Crippen LogP contribution in [0.4, 0.5) is 0 Å². The molecule has 0 aliphatic carbocycles. The van der Waals surface area contributed by atoms with Gasteiger partial charge in [0, 0.05) is 37.7 Å². The highest BCUT2D eigenvalue weighted by Gasteiger charge is 2.26. The molecule has 2 aliphatic heterocycles. The molecule has 0 radical (unpaired) electrons. The zero-order chi connectivity index (χ0) is 15.9. The van der Waals surface area contributed by atoms with E-state index in [1.54, 1.807) is 0 Å². The largest absolute Gasteiger partial charge is 0.378 e. The lowest BCUT2D eigenvalue weighted by molar-refractivity contribution is -0.0125. The summed E-state index contributed by atoms with van der Waals surface area (Å²) < 4.78 is 5.63. The number of Topliss-reactive ketones (excluding diaryl/α,β-unsaturated/α-hetero) is 1. The van der Waals surface area contributed by atoms with Gasteiger partial charge in [0.05, 0.1) is 13.2 Å². The monoisotopic (exact) mass is 316 g/mol. The van der Waals surface area contributed by atoms with Crippen LogP contribution in [0.15, 0.2) is 30.3 Å². The Kier molecular flexibility index (Phi) is 6.20. The fourth-order valence-electron chi connectivity index (χ4n) is 3.58. The Morgan fingerprint density at radius 3 is 2.61 bits per heavy atom. The molecule has 1 aromatic rings. The van der Waals surface area contributed by atoms with Gasteiger partial charge < -0.3 is 9.64 Å². The minimum atomic E-state index is 0.223. The van der Waals surface area contributed by atoms with Crippen molar-refractivity contribution in [3.05, 3.63) is 35.9 Å². The van der Waals surface area contributed by atoms with Crippen LogP contribution in [0.5, 0.6) is 0 Å². The first-order valence-corrected chi connectivity index (χ1v) is 8.95. The van der Waals surface area contributed by atoms with Crippen LogP contribution in [0.2, 0.25) is 0 Å². The van der Waals surface area contributed by atoms with Crippen molar-refractivity contribution in [1.82, 2.24) is 9.80 Å². The molecule has 2 saturated heterocycles. The Hall–Kier alpha value is -1.23. The second-order valence-electron chi connectivity index (χ2n) is 6.66. The average molecular weight is 316 g/mol. The van der Waals surface area contributed by atoms with Crippen LogP contribution >= 0.6 is 0 Å². The number of ether oxygens (including phenoxy) is 1. The van der Waals surface area contributed by atoms with E-state index in [1.807, 2.05) is 30.3 Å². The van der Waals surface area contributed by atoms with Crippen LogP contribution in [0.3, 0.4) is 0 Å². The molecule has 0 bridgehead atoms. The highest BCUT2D eigenvalue weighted by atomic mass is 16.5. The molecule has 3 rings (SSSR count). The molecule has 2 heterocycles. The summed E-state index contributed by atoms with van der Waals surface area (Å²) in [5.74, 6) is 0.226. The molecular formula is C19H28N2O2. The molecule has 23 heavy (non-hydrogen) atoms. The van der Waals surface area contributed by atoms with Crippen molar-refractivity contribution in [1.29, 1.82) is 0 Å². The van der Waals surface area contributed by atoms with Crippen molar-refractivity contribution >= 4 is 5.78 Å². The van der Waals surface area contributed by atoms with Crippen molar-refractivity contribution < 1.29 is 9.53 Å². The van der Waals surface area contributed by atoms with E-state index < -0.39 is 0 Å². The van der Waals surface area contributed by atoms with E-state index in [1.165, 1.54) is 32.4 Å². The maximum atomic E-state index is 12.5. The van der Waals surface area contributed by atoms with Crippen LogP contribution in [-0.2, 0) is 4.74 Å². The van der Waals surface area contributed by atoms with Crippen LogP contribution in [-0.4, -0.2) is 67.6 Å². The van der Waals surface area contributed by atoms with Crippen molar-refractivity contribution in [3.8, 4) is 0 Å². The summed E-state index contributed by atoms with van der Waals surface area (Å²) in [7, 11) is 0. The fraction of sp³-hybridized carbons (Fsp3) is 0.632. The molecule has 0 N–H and O–H groups in total. The molecule has 0 saturated carbocycles. The highest BCUT2D eigenvalue weighted by molar-refractivity contribution is 5.96. The first-order chi connectivity index (χ1) is 11.3. The first kappa shape index (κ1) is 16.6. The number of hydrogen-bond donors (Lipinski definition) is 0. The summed E-state index contributed by atoms with van der Waals surface area (Å²) >= 11 is 0. The molecule has 126 valence electrons. The van der Waals surface area contributed by atoms with Gasteiger partial charge in [-0.15, -0.1) is 0 Å². The maximum absolute atomic E-state index is 12.5. The molecule has 2 fully saturated rings. The Labute approximate surface area is 139 Å². The standard InChI is InChI=1S/C19H28N2O2/c22-19(17-7-3-1-4-8-17)15-18-16-23-14-13-21(18)12-11-20-9-5-2-6-10-20/h1,3-4,7-8,18H,2,5-6,9-16H2/t18-/m1/s1. The van der Waals surface area contributed by atoms with Gasteiger partial charge in [-0.3, -0.25) is 9.69 Å². The fourth-order valence-corrected chi connectivity index (χ4v) is 3.58. The third-order valence-corrected chi connectivity index (χ3v) is 5.02. The van der Waals surface area contributed by atoms with Gasteiger partial charge >= 0.3 is 0 Å². The van der Waals surface area contributed by atoms with Gasteiger partial charge in [-0.25, -0.2) is 0 Å². The third-order valence-electron chi connectivity index (χ3n) is 5.02. The minimum absolute atomic E-state index is 0.223. The predicted octanol–water partition coefficient (Wildman–Crippen LogP) is 2.45. The Balaban J connectivity index is 1.52. The van der Waals surface area contributed by atoms with Gasteiger partial charge in [0.1, 0.15) is 0 Å². The van der Waals surface area contributed by atoms with Gasteiger partial charge in [-0.2, -0.15) is 0 Å². The Morgan fingerprint density at radius 2 is 1.83 bits per heavy atom. The van der Waals surface area contributed by atoms with E-state index in [4.69, 9.17) is 4.74 Å². The van der Waals surface area contributed by atoms with Crippen molar-refractivity contribution in [3.63, 3.8) is 0 Å². The summed E-state index contributed by atoms with van der Waals surface area (Å²) in [5.41, 5.74) is 0.814. The predicted molar refractivity (Wildman–Crippen MR) is 91.9 cm³/mol. The smallest absolute Gasteiger partial charge is 0.164 e. The van der Waals surface area contributed by atoms with Gasteiger partial charge in [0.2, 0.25) is 0 Å². The summed E-state index contributed by atoms with van der Waals surface area (Å²) in [5, 5.41) is 0. The van der Waals surface area contributed by atoms with Crippen molar-refractivity contribution in [2.75, 3.05) is 45.9 Å². The molecule has 1 aromatic carbocycles. The topological polar surface area (TPSA) is 32.8 Å². The summed E-state index contributed by atoms with van der Waals surface area (Å²) in [6.45, 7) is 7.05. The molecular weight excluding hydrogens is 288 g/mol. The molecule has 0 aromatic heterocycles. The number of hydrogen-bond acceptors (Lipinski definition) is 4. The molecule has 0 amide bonds. The number of nitrogens with zero attached hydrogens (tertiary/aromatic N) is 2. The van der Waals surface area contributed by atoms with Gasteiger partial charge in [0.15, 0.2) is 5.78 Å². The zero-order valence-electron chi connectivity index (χ0n) is 14.0. The van der Waals surface area contributed by atoms with Crippen LogP contribution in [0, 0.1) is 0 Å². The lowest BCUT2D eigenvalue weighted by Gasteiger charge is -2.37. The quantitative estimate of drug-likeness (QED) is 0.755. The number of carbonyl (C=O) groups excluding carboxylic acids is 1. The highest BCUT2D eigenvalue weighted by Crippen LogP contribution is 2.15. The molecule has 1 atom stereocenters. The van der Waals surface area contributed by atoms with E-state index in [9.17, 15) is 4.79 Å². The molecule has 2 aliphatic rings. The normalized spacial score (nSPS) is 23.7. The number of benzene rings is 1. The van der Waals surface area contributed by atoms with E-state index >= 15 is 0 Å². The summed E-state index contributed by atoms with van der Waals surface area (Å²) in [4.78, 5) is 17.5. The van der Waals surface area contributed by atoms with E-state index in [0.29, 0.717) is 13.0 Å². The SMILES string of the molecule is O=C(C[C@@H]1COCCN1CCN1CCCCC1)c1ccccc1. The van der Waals surface area contributed by atoms with Crippen LogP contribution in [0.25, 0.3) is 0 Å². The van der Waals surface area contributed by atoms with Crippen molar-refractivity contribution in [2.45, 2.75) is 31.7 Å². The number of carbonyl (C=O) groups is 1. The number of likely N-dealkylation sites (tertiary alicyclic amines) is 1. The minimum Gasteiger partial charge on any atom is -0.378 e. The molecule has 0 unspecified atom stereocenters. The number of rotatable bonds is 6. The van der Waals surface area contributed by atoms with E-state index in [2.05, 4.69) is 9.80 Å². The van der Waals surface area contributed by atoms with E-state index in [-0.39, 0.29) is 11.8 Å². The maximum Gasteiger partial charge on any atom is 0.164 e. The lowest BCUT2D eigenvalue weighted by Crippen LogP contribution is -2.49. The number of piperidine rings is 1. The number of ketones is 1. The average Bonchev–Trinajstić information content (AvgIpc) is 2.62. The van der Waals surface area contributed by atoms with E-state index in [0.717, 1.165) is 31.8 Å². The third kappa shape index (κ3) is 4.87. The lowest BCUT2D eigenvalue weighted by atomic mass is 10.0. The van der Waals surface area contributed by atoms with Gasteiger partial charge in [0.25, 0.3) is 0 Å². The summed E-state index contributed by atoms with van der Waals surface area (Å²) in [6, 6.07) is 9.85. The van der Waals surface area contributed by atoms with Gasteiger partial charge in [-0.05, 0) is 25.9 Å². The zero-order valence-corrected chi connectivity index (χ0v) is 14.0.